The minimum atomic E-state index is -2.02. The molecule has 0 aromatic rings. The molecule has 4 saturated heterocycles. The summed E-state index contributed by atoms with van der Waals surface area (Å²) in [6.07, 6.45) is -37.1. The number of fused-ring (bicyclic) bond motifs is 2. The van der Waals surface area contributed by atoms with Crippen LogP contribution in [0.5, 0.6) is 0 Å². The van der Waals surface area contributed by atoms with Gasteiger partial charge in [0, 0.05) is 53.3 Å². The zero-order valence-electron chi connectivity index (χ0n) is 56.0. The molecule has 36 atom stereocenters. The van der Waals surface area contributed by atoms with Crippen molar-refractivity contribution in [3.05, 3.63) is 84.3 Å². The Morgan fingerprint density at radius 3 is 1.10 bits per heavy atom. The summed E-state index contributed by atoms with van der Waals surface area (Å²) in [6, 6.07) is 0. The molecule has 0 aromatic carbocycles. The van der Waals surface area contributed by atoms with Gasteiger partial charge in [0.1, 0.15) is 116 Å². The molecule has 37 nitrogen and oxygen atoms in total. The van der Waals surface area contributed by atoms with Crippen molar-refractivity contribution in [2.75, 3.05) is 40.6 Å². The molecule has 0 radical (unpaired) electrons. The van der Waals surface area contributed by atoms with Gasteiger partial charge in [-0.25, -0.2) is 19.2 Å². The van der Waals surface area contributed by atoms with E-state index in [1.54, 1.807) is 13.8 Å². The van der Waals surface area contributed by atoms with E-state index in [1.807, 2.05) is 0 Å². The fourth-order valence-corrected chi connectivity index (χ4v) is 15.2. The normalized spacial score (nSPS) is 45.3. The summed E-state index contributed by atoms with van der Waals surface area (Å²) in [6.45, 7) is 7.78. The van der Waals surface area contributed by atoms with E-state index in [2.05, 4.69) is 13.2 Å². The highest BCUT2D eigenvalue weighted by Crippen LogP contribution is 2.52. The van der Waals surface area contributed by atoms with E-state index in [0.29, 0.717) is 6.29 Å². The molecule has 0 aromatic heterocycles. The number of esters is 4. The molecule has 2 aliphatic carbocycles. The van der Waals surface area contributed by atoms with Crippen LogP contribution in [0.3, 0.4) is 0 Å². The number of rotatable bonds is 24. The molecule has 0 bridgehead atoms. The SMILES string of the molecule is C=C[C@H]1[C@H](O[C@@H]2O[C@H](CO)[C@@H](O)[C@H](O)[C@H]2O)OC=C(C(=O)O[C@H]2C[C@@H]3C(C(=O)OC)=CO[C@@H](O[C@@H]4O[C@H](CO)[C@@H](O)[C@H](O)[C@H]4O)[C@@H]3[C@H]2C)[C@H]1C/C=C(\C=O)[C@@H]1C(C(=O)O[C@H]2C[C@@H]3C(C(=O)OC)=CO[C@@H](O[C@@H]4O[C@H](CO)[C@@H](O)[C@H](O)[C@H]4O)[C@@H]3[C@H]2C)=CO[C@@H](O[C@@H]2O[C@H](CO)[C@@H](O)[C@H](O)[C@H]2O)[C@@H]1C=C. The number of aliphatic hydroxyl groups is 16. The number of carbonyl (C=O) groups is 5. The molecule has 10 rings (SSSR count). The Morgan fingerprint density at radius 1 is 0.437 bits per heavy atom. The van der Waals surface area contributed by atoms with Crippen LogP contribution in [0.4, 0.5) is 0 Å². The van der Waals surface area contributed by atoms with E-state index in [1.165, 1.54) is 18.2 Å². The molecular formula is C66H90O37. The van der Waals surface area contributed by atoms with E-state index in [0.717, 1.165) is 39.3 Å². The van der Waals surface area contributed by atoms with E-state index >= 15 is 9.59 Å². The molecule has 0 amide bonds. The van der Waals surface area contributed by atoms with Gasteiger partial charge in [-0.3, -0.25) is 4.79 Å². The Hall–Kier alpha value is -6.03. The lowest BCUT2D eigenvalue weighted by Crippen LogP contribution is -2.60. The Labute approximate surface area is 587 Å². The molecule has 10 aliphatic rings. The molecule has 8 aliphatic heterocycles. The number of methoxy groups -OCH3 is 2. The maximum atomic E-state index is 15.3. The van der Waals surface area contributed by atoms with Gasteiger partial charge in [-0.15, -0.1) is 13.2 Å². The first-order chi connectivity index (χ1) is 49.1. The first-order valence-electron chi connectivity index (χ1n) is 33.4. The topological polar surface area (TPSA) is 557 Å². The summed E-state index contributed by atoms with van der Waals surface area (Å²) in [4.78, 5) is 71.3. The molecular weight excluding hydrogens is 1380 g/mol. The molecule has 8 heterocycles. The van der Waals surface area contributed by atoms with E-state index < -0.39 is 282 Å². The van der Waals surface area contributed by atoms with Gasteiger partial charge in [0.15, 0.2) is 25.2 Å². The van der Waals surface area contributed by atoms with Crippen molar-refractivity contribution < 1.29 is 181 Å². The minimum Gasteiger partial charge on any atom is -0.472 e. The third-order valence-corrected chi connectivity index (χ3v) is 21.2. The van der Waals surface area contributed by atoms with Gasteiger partial charge < -0.3 is 157 Å². The van der Waals surface area contributed by atoms with Crippen LogP contribution in [0, 0.1) is 59.2 Å². The second-order valence-electron chi connectivity index (χ2n) is 26.8. The lowest BCUT2D eigenvalue weighted by Gasteiger charge is -2.43. The van der Waals surface area contributed by atoms with Gasteiger partial charge in [0.25, 0.3) is 0 Å². The van der Waals surface area contributed by atoms with Gasteiger partial charge >= 0.3 is 23.9 Å². The number of hydrogen-bond donors (Lipinski definition) is 16. The molecule has 0 unspecified atom stereocenters. The maximum absolute atomic E-state index is 15.3. The zero-order chi connectivity index (χ0) is 74.9. The molecule has 576 valence electrons. The second-order valence-corrected chi connectivity index (χ2v) is 26.8. The van der Waals surface area contributed by atoms with Gasteiger partial charge in [-0.2, -0.15) is 0 Å². The molecule has 6 fully saturated rings. The molecule has 0 spiro atoms. The first-order valence-corrected chi connectivity index (χ1v) is 33.4. The summed E-state index contributed by atoms with van der Waals surface area (Å²) in [5.41, 5.74) is -1.13. The van der Waals surface area contributed by atoms with Crippen LogP contribution in [-0.4, -0.2) is 313 Å². The highest BCUT2D eigenvalue weighted by molar-refractivity contribution is 5.93. The van der Waals surface area contributed by atoms with Crippen molar-refractivity contribution in [1.82, 2.24) is 0 Å². The standard InChI is InChI=1S/C66H90O37/c1-7-25-27(30(18-90-59(25)100-63-51(80)47(76)43(72)36(14-68)96-63)57(86)94-34-11-28-31(55(84)88-5)19-92-61(40(28)22(34)3)102-65-53(82)49(78)45(74)38(16-70)98-65)10-9-24(13-67)42-26(8-2)60(101-64-52(81)48(77)44(73)37(15-69)97-64)91-21-33(42)58(87)95-35-12-29-32(56(85)89-6)20-93-62(41(29)23(35)4)103-66-54(83)50(79)46(75)39(17-71)99-66/h7-9,13,18-23,25-29,34-54,59-66,68-83H,1-2,10-12,14-17H2,3-6H3/b24-9+/t22-,23-,25+,26+,27-,28+,29+,34-,35-,36+,37+,38+,39+,40+,41+,42-,43+,44+,45+,46+,47-,48-,49-,50-,51+,52+,53+,54+,59-,60-,61-,62-,63-,64-,65-,66-/m0/s1. The second kappa shape index (κ2) is 33.8. The van der Waals surface area contributed by atoms with Crippen LogP contribution in [0.2, 0.25) is 0 Å². The highest BCUT2D eigenvalue weighted by atomic mass is 16.8. The number of carbonyl (C=O) groups excluding carboxylic acids is 5. The van der Waals surface area contributed by atoms with Crippen molar-refractivity contribution in [3.8, 4) is 0 Å². The zero-order valence-corrected chi connectivity index (χ0v) is 56.0. The highest BCUT2D eigenvalue weighted by Gasteiger charge is 2.59. The summed E-state index contributed by atoms with van der Waals surface area (Å²) in [5.74, 6) is -15.1. The predicted octanol–water partition coefficient (Wildman–Crippen LogP) is -6.72. The number of ether oxygens (including phenoxy) is 16. The third kappa shape index (κ3) is 15.6. The molecule has 37 heteroatoms. The average Bonchev–Trinajstić information content (AvgIpc) is 1.67. The van der Waals surface area contributed by atoms with Crippen LogP contribution >= 0.6 is 0 Å². The Bertz CT molecular complexity index is 3170. The number of allylic oxidation sites excluding steroid dienone is 2. The minimum absolute atomic E-state index is 0.0243. The van der Waals surface area contributed by atoms with Crippen molar-refractivity contribution >= 4 is 30.2 Å². The van der Waals surface area contributed by atoms with Gasteiger partial charge in [-0.05, 0) is 24.8 Å². The van der Waals surface area contributed by atoms with Gasteiger partial charge in [0.05, 0.1) is 93.9 Å². The van der Waals surface area contributed by atoms with Crippen LogP contribution in [0.25, 0.3) is 0 Å². The van der Waals surface area contributed by atoms with E-state index in [4.69, 9.17) is 75.8 Å². The summed E-state index contributed by atoms with van der Waals surface area (Å²) < 4.78 is 93.4. The quantitative estimate of drug-likeness (QED) is 0.0140. The van der Waals surface area contributed by atoms with Gasteiger partial charge in [0.2, 0.25) is 25.2 Å². The largest absolute Gasteiger partial charge is 0.472 e. The van der Waals surface area contributed by atoms with Gasteiger partial charge in [-0.1, -0.05) is 32.1 Å². The van der Waals surface area contributed by atoms with Crippen LogP contribution in [0.1, 0.15) is 33.1 Å². The number of hydrogen-bond acceptors (Lipinski definition) is 37. The number of aliphatic hydroxyl groups excluding tert-OH is 16. The Morgan fingerprint density at radius 2 is 0.757 bits per heavy atom. The van der Waals surface area contributed by atoms with Crippen molar-refractivity contribution in [2.45, 2.75) is 193 Å². The monoisotopic (exact) mass is 1470 g/mol. The molecule has 16 N–H and O–H groups in total. The van der Waals surface area contributed by atoms with E-state index in [9.17, 15) is 96.1 Å². The van der Waals surface area contributed by atoms with Crippen LogP contribution < -0.4 is 0 Å². The first kappa shape index (κ1) is 79.5. The van der Waals surface area contributed by atoms with Crippen molar-refractivity contribution in [2.24, 2.45) is 59.2 Å². The maximum Gasteiger partial charge on any atom is 0.338 e. The summed E-state index contributed by atoms with van der Waals surface area (Å²) in [7, 11) is 2.22. The van der Waals surface area contributed by atoms with Crippen LogP contribution in [-0.2, 0) is 99.8 Å². The average molecular weight is 1480 g/mol. The fourth-order valence-electron chi connectivity index (χ4n) is 15.2. The molecule has 2 saturated carbocycles. The lowest BCUT2D eigenvalue weighted by molar-refractivity contribution is -0.342. The Kier molecular flexibility index (Phi) is 26.1. The number of aldehydes is 1. The summed E-state index contributed by atoms with van der Waals surface area (Å²) in [5, 5.41) is 169. The predicted molar refractivity (Wildman–Crippen MR) is 330 cm³/mol. The lowest BCUT2D eigenvalue weighted by atomic mass is 9.76. The third-order valence-electron chi connectivity index (χ3n) is 21.2. The fraction of sp³-hybridized carbons (Fsp3) is 0.712. The van der Waals surface area contributed by atoms with Crippen molar-refractivity contribution in [1.29, 1.82) is 0 Å². The smallest absolute Gasteiger partial charge is 0.338 e. The van der Waals surface area contributed by atoms with Crippen molar-refractivity contribution in [3.63, 3.8) is 0 Å². The Balaban J connectivity index is 0.986. The van der Waals surface area contributed by atoms with Crippen LogP contribution in [0.15, 0.2) is 84.3 Å². The van der Waals surface area contributed by atoms with E-state index in [-0.39, 0.29) is 35.1 Å². The summed E-state index contributed by atoms with van der Waals surface area (Å²) >= 11 is 0. The molecule has 103 heavy (non-hydrogen) atoms.